The predicted octanol–water partition coefficient (Wildman–Crippen LogP) is 3.87. The minimum absolute atomic E-state index is 0.720. The number of fused-ring (bicyclic) bond motifs is 1. The molecule has 0 aliphatic carbocycles. The van der Waals surface area contributed by atoms with Crippen LogP contribution in [0.4, 0.5) is 5.69 Å². The molecule has 0 amide bonds. The van der Waals surface area contributed by atoms with Crippen LogP contribution < -0.4 is 5.32 Å². The van der Waals surface area contributed by atoms with E-state index in [1.54, 1.807) is 11.3 Å². The van der Waals surface area contributed by atoms with Crippen LogP contribution in [0, 0.1) is 11.3 Å². The summed E-state index contributed by atoms with van der Waals surface area (Å²) in [5.74, 6) is 0.930. The molecule has 122 valence electrons. The number of hydrogen-bond donors (Lipinski definition) is 1. The van der Waals surface area contributed by atoms with Gasteiger partial charge in [-0.05, 0) is 35.9 Å². The van der Waals surface area contributed by atoms with Gasteiger partial charge in [0.25, 0.3) is 0 Å². The smallest absolute Gasteiger partial charge is 0.160 e. The summed E-state index contributed by atoms with van der Waals surface area (Å²) in [5, 5.41) is 22.6. The topological polar surface area (TPSA) is 66.0 Å². The fraction of sp³-hybridized carbons (Fsp3) is 0.105. The van der Waals surface area contributed by atoms with Gasteiger partial charge in [0.05, 0.1) is 5.56 Å². The zero-order chi connectivity index (χ0) is 17.1. The number of thiophene rings is 1. The fourth-order valence-corrected chi connectivity index (χ4v) is 3.41. The number of pyridine rings is 1. The van der Waals surface area contributed by atoms with E-state index in [9.17, 15) is 0 Å². The lowest BCUT2D eigenvalue weighted by Gasteiger charge is -2.06. The molecular formula is C19H15N5S. The minimum Gasteiger partial charge on any atom is -0.380 e. The predicted molar refractivity (Wildman–Crippen MR) is 98.6 cm³/mol. The molecule has 3 heterocycles. The third-order valence-corrected chi connectivity index (χ3v) is 4.89. The molecule has 0 aliphatic rings. The zero-order valence-electron chi connectivity index (χ0n) is 13.4. The summed E-state index contributed by atoms with van der Waals surface area (Å²) in [6.07, 6.45) is 2.72. The maximum absolute atomic E-state index is 8.86. The van der Waals surface area contributed by atoms with E-state index in [4.69, 9.17) is 5.26 Å². The van der Waals surface area contributed by atoms with Crippen LogP contribution in [0.3, 0.4) is 0 Å². The van der Waals surface area contributed by atoms with Crippen molar-refractivity contribution in [3.63, 3.8) is 0 Å². The first-order chi connectivity index (χ1) is 12.3. The average Bonchev–Trinajstić information content (AvgIpc) is 3.28. The van der Waals surface area contributed by atoms with Crippen molar-refractivity contribution >= 4 is 22.7 Å². The third-order valence-electron chi connectivity index (χ3n) is 3.95. The van der Waals surface area contributed by atoms with E-state index < -0.39 is 0 Å². The molecule has 0 saturated carbocycles. The van der Waals surface area contributed by atoms with Gasteiger partial charge in [-0.2, -0.15) is 5.26 Å². The van der Waals surface area contributed by atoms with Crippen molar-refractivity contribution in [3.05, 3.63) is 81.9 Å². The van der Waals surface area contributed by atoms with Crippen LogP contribution in [0.1, 0.15) is 21.8 Å². The van der Waals surface area contributed by atoms with E-state index >= 15 is 0 Å². The number of nitriles is 1. The largest absolute Gasteiger partial charge is 0.380 e. The summed E-state index contributed by atoms with van der Waals surface area (Å²) in [6, 6.07) is 18.3. The summed E-state index contributed by atoms with van der Waals surface area (Å²) in [5.41, 5.74) is 3.83. The molecule has 6 heteroatoms. The minimum atomic E-state index is 0.720. The lowest BCUT2D eigenvalue weighted by atomic mass is 10.1. The number of benzene rings is 1. The van der Waals surface area contributed by atoms with Crippen molar-refractivity contribution in [2.75, 3.05) is 5.32 Å². The molecule has 0 fully saturated rings. The van der Waals surface area contributed by atoms with Gasteiger partial charge in [-0.25, -0.2) is 0 Å². The maximum atomic E-state index is 8.86. The molecule has 0 radical (unpaired) electrons. The zero-order valence-corrected chi connectivity index (χ0v) is 14.2. The van der Waals surface area contributed by atoms with Crippen LogP contribution in [-0.2, 0) is 13.0 Å². The van der Waals surface area contributed by atoms with Gasteiger partial charge in [0.2, 0.25) is 0 Å². The van der Waals surface area contributed by atoms with Gasteiger partial charge in [0, 0.05) is 35.1 Å². The molecule has 3 aromatic heterocycles. The monoisotopic (exact) mass is 345 g/mol. The van der Waals surface area contributed by atoms with Gasteiger partial charge in [-0.15, -0.1) is 21.5 Å². The van der Waals surface area contributed by atoms with E-state index in [-0.39, 0.29) is 0 Å². The Morgan fingerprint density at radius 3 is 2.80 bits per heavy atom. The standard InChI is InChI=1S/C19H15N5S/c20-11-15-9-17(25-13-15)12-21-16-6-4-14(5-7-16)10-19-23-22-18-3-1-2-8-24(18)19/h1-9,13,21H,10,12H2. The lowest BCUT2D eigenvalue weighted by molar-refractivity contribution is 0.934. The Morgan fingerprint density at radius 2 is 2.00 bits per heavy atom. The molecule has 0 atom stereocenters. The molecule has 0 spiro atoms. The van der Waals surface area contributed by atoms with Crippen LogP contribution in [0.2, 0.25) is 0 Å². The Labute approximate surface area is 149 Å². The molecule has 0 saturated heterocycles. The van der Waals surface area contributed by atoms with Crippen LogP contribution in [0.15, 0.2) is 60.1 Å². The SMILES string of the molecule is N#Cc1csc(CNc2ccc(Cc3nnc4ccccn34)cc2)c1. The number of anilines is 1. The second-order valence-corrected chi connectivity index (χ2v) is 6.68. The van der Waals surface area contributed by atoms with Crippen LogP contribution in [-0.4, -0.2) is 14.6 Å². The molecule has 0 bridgehead atoms. The van der Waals surface area contributed by atoms with Crippen molar-refractivity contribution in [3.8, 4) is 6.07 Å². The molecule has 4 rings (SSSR count). The van der Waals surface area contributed by atoms with Gasteiger partial charge >= 0.3 is 0 Å². The number of rotatable bonds is 5. The second-order valence-electron chi connectivity index (χ2n) is 5.69. The van der Waals surface area contributed by atoms with Gasteiger partial charge in [-0.3, -0.25) is 4.40 Å². The third kappa shape index (κ3) is 3.37. The first-order valence-electron chi connectivity index (χ1n) is 7.91. The molecule has 1 aromatic carbocycles. The van der Waals surface area contributed by atoms with Crippen LogP contribution in [0.5, 0.6) is 0 Å². The van der Waals surface area contributed by atoms with Gasteiger partial charge in [-0.1, -0.05) is 18.2 Å². The number of nitrogens with one attached hydrogen (secondary N) is 1. The molecule has 0 aliphatic heterocycles. The molecular weight excluding hydrogens is 330 g/mol. The molecule has 25 heavy (non-hydrogen) atoms. The van der Waals surface area contributed by atoms with Crippen molar-refractivity contribution in [1.29, 1.82) is 5.26 Å². The first-order valence-corrected chi connectivity index (χ1v) is 8.79. The van der Waals surface area contributed by atoms with Crippen LogP contribution in [0.25, 0.3) is 5.65 Å². The van der Waals surface area contributed by atoms with Crippen molar-refractivity contribution in [2.24, 2.45) is 0 Å². The summed E-state index contributed by atoms with van der Waals surface area (Å²) < 4.78 is 2.01. The first kappa shape index (κ1) is 15.4. The van der Waals surface area contributed by atoms with E-state index in [0.717, 1.165) is 40.6 Å². The van der Waals surface area contributed by atoms with E-state index in [0.29, 0.717) is 0 Å². The fourth-order valence-electron chi connectivity index (χ4n) is 2.66. The highest BCUT2D eigenvalue weighted by molar-refractivity contribution is 7.10. The second kappa shape index (κ2) is 6.75. The van der Waals surface area contributed by atoms with E-state index in [1.807, 2.05) is 40.2 Å². The van der Waals surface area contributed by atoms with Crippen LogP contribution >= 0.6 is 11.3 Å². The summed E-state index contributed by atoms with van der Waals surface area (Å²) in [4.78, 5) is 1.15. The van der Waals surface area contributed by atoms with E-state index in [2.05, 4.69) is 45.8 Å². The Bertz CT molecular complexity index is 1040. The van der Waals surface area contributed by atoms with Crippen molar-refractivity contribution in [1.82, 2.24) is 14.6 Å². The normalized spacial score (nSPS) is 10.7. The summed E-state index contributed by atoms with van der Waals surface area (Å²) in [7, 11) is 0. The van der Waals surface area contributed by atoms with E-state index in [1.165, 1.54) is 5.56 Å². The number of hydrogen-bond acceptors (Lipinski definition) is 5. The Hall–Kier alpha value is -3.17. The maximum Gasteiger partial charge on any atom is 0.160 e. The summed E-state index contributed by atoms with van der Waals surface area (Å²) in [6.45, 7) is 0.723. The van der Waals surface area contributed by atoms with Gasteiger partial charge in [0.1, 0.15) is 11.9 Å². The Morgan fingerprint density at radius 1 is 1.12 bits per heavy atom. The molecule has 5 nitrogen and oxygen atoms in total. The highest BCUT2D eigenvalue weighted by Crippen LogP contribution is 2.17. The van der Waals surface area contributed by atoms with Gasteiger partial charge < -0.3 is 5.32 Å². The molecule has 1 N–H and O–H groups in total. The quantitative estimate of drug-likeness (QED) is 0.596. The van der Waals surface area contributed by atoms with Gasteiger partial charge in [0.15, 0.2) is 5.65 Å². The summed E-state index contributed by atoms with van der Waals surface area (Å²) >= 11 is 1.60. The number of aromatic nitrogens is 3. The number of nitrogens with zero attached hydrogens (tertiary/aromatic N) is 4. The Kier molecular flexibility index (Phi) is 4.15. The van der Waals surface area contributed by atoms with Crippen molar-refractivity contribution in [2.45, 2.75) is 13.0 Å². The average molecular weight is 345 g/mol. The highest BCUT2D eigenvalue weighted by atomic mass is 32.1. The molecule has 4 aromatic rings. The van der Waals surface area contributed by atoms with Crippen molar-refractivity contribution < 1.29 is 0 Å². The molecule has 0 unspecified atom stereocenters. The Balaban J connectivity index is 1.42. The highest BCUT2D eigenvalue weighted by Gasteiger charge is 2.06. The lowest BCUT2D eigenvalue weighted by Crippen LogP contribution is -1.99.